The van der Waals surface area contributed by atoms with E-state index in [2.05, 4.69) is 5.32 Å². The molecule has 1 amide bonds. The van der Waals surface area contributed by atoms with Crippen molar-refractivity contribution in [3.05, 3.63) is 29.6 Å². The summed E-state index contributed by atoms with van der Waals surface area (Å²) in [5.41, 5.74) is 6.93. The van der Waals surface area contributed by atoms with Crippen LogP contribution in [-0.2, 0) is 4.74 Å². The van der Waals surface area contributed by atoms with Crippen molar-refractivity contribution in [2.45, 2.75) is 32.4 Å². The molecule has 21 heavy (non-hydrogen) atoms. The Labute approximate surface area is 125 Å². The molecule has 0 heterocycles. The number of ether oxygens (including phenoxy) is 1. The van der Waals surface area contributed by atoms with Crippen LogP contribution in [-0.4, -0.2) is 32.3 Å². The van der Waals surface area contributed by atoms with Gasteiger partial charge in [-0.3, -0.25) is 0 Å². The van der Waals surface area contributed by atoms with E-state index in [1.54, 1.807) is 26.8 Å². The van der Waals surface area contributed by atoms with Gasteiger partial charge in [0.2, 0.25) is 0 Å². The fraction of sp³-hybridized carbons (Fsp3) is 0.533. The summed E-state index contributed by atoms with van der Waals surface area (Å²) in [7, 11) is 3.70. The van der Waals surface area contributed by atoms with E-state index in [0.29, 0.717) is 5.56 Å². The van der Waals surface area contributed by atoms with Crippen molar-refractivity contribution >= 4 is 11.8 Å². The molecular weight excluding hydrogens is 273 g/mol. The topological polar surface area (TPSA) is 67.6 Å². The lowest BCUT2D eigenvalue weighted by molar-refractivity contribution is 0.0524. The van der Waals surface area contributed by atoms with Crippen LogP contribution >= 0.6 is 0 Å². The van der Waals surface area contributed by atoms with Gasteiger partial charge in [-0.1, -0.05) is 0 Å². The number of hydrogen-bond acceptors (Lipinski definition) is 4. The highest BCUT2D eigenvalue weighted by Gasteiger charge is 2.18. The van der Waals surface area contributed by atoms with Crippen molar-refractivity contribution in [2.24, 2.45) is 5.73 Å². The van der Waals surface area contributed by atoms with Gasteiger partial charge in [-0.05, 0) is 44.5 Å². The second-order valence-corrected chi connectivity index (χ2v) is 6.09. The third kappa shape index (κ3) is 5.59. The average molecular weight is 297 g/mol. The molecule has 5 nitrogen and oxygen atoms in total. The molecule has 0 saturated carbocycles. The summed E-state index contributed by atoms with van der Waals surface area (Å²) in [5.74, 6) is -0.358. The van der Waals surface area contributed by atoms with Crippen LogP contribution < -0.4 is 16.0 Å². The minimum Gasteiger partial charge on any atom is -0.444 e. The average Bonchev–Trinajstić information content (AvgIpc) is 2.33. The lowest BCUT2D eigenvalue weighted by atomic mass is 10.0. The predicted octanol–water partition coefficient (Wildman–Crippen LogP) is 2.42. The van der Waals surface area contributed by atoms with Gasteiger partial charge in [-0.2, -0.15) is 0 Å². The van der Waals surface area contributed by atoms with Crippen LogP contribution in [0.4, 0.5) is 14.9 Å². The Bertz CT molecular complexity index is 498. The second kappa shape index (κ2) is 6.76. The van der Waals surface area contributed by atoms with E-state index in [9.17, 15) is 9.18 Å². The van der Waals surface area contributed by atoms with Gasteiger partial charge in [-0.25, -0.2) is 9.18 Å². The van der Waals surface area contributed by atoms with Crippen molar-refractivity contribution < 1.29 is 13.9 Å². The molecule has 6 heteroatoms. The van der Waals surface area contributed by atoms with Crippen LogP contribution in [0.1, 0.15) is 32.4 Å². The molecule has 0 aliphatic heterocycles. The first-order valence-corrected chi connectivity index (χ1v) is 6.79. The van der Waals surface area contributed by atoms with Crippen molar-refractivity contribution in [3.8, 4) is 0 Å². The third-order valence-corrected chi connectivity index (χ3v) is 2.74. The van der Waals surface area contributed by atoms with Crippen molar-refractivity contribution in [1.82, 2.24) is 5.32 Å². The minimum absolute atomic E-state index is 0.166. The fourth-order valence-corrected chi connectivity index (χ4v) is 1.85. The maximum Gasteiger partial charge on any atom is 0.407 e. The molecule has 0 aromatic heterocycles. The van der Waals surface area contributed by atoms with Crippen LogP contribution in [0.3, 0.4) is 0 Å². The van der Waals surface area contributed by atoms with Crippen molar-refractivity contribution in [2.75, 3.05) is 25.5 Å². The number of carbonyl (C=O) groups is 1. The van der Waals surface area contributed by atoms with Gasteiger partial charge in [0.15, 0.2) is 0 Å². The Kier molecular flexibility index (Phi) is 5.54. The first-order valence-electron chi connectivity index (χ1n) is 6.79. The number of anilines is 1. The Balaban J connectivity index is 2.74. The molecule has 0 fully saturated rings. The summed E-state index contributed by atoms with van der Waals surface area (Å²) in [4.78, 5) is 13.5. The van der Waals surface area contributed by atoms with Gasteiger partial charge >= 0.3 is 6.09 Å². The quantitative estimate of drug-likeness (QED) is 0.895. The van der Waals surface area contributed by atoms with E-state index in [1.807, 2.05) is 19.0 Å². The number of nitrogens with two attached hydrogens (primary N) is 1. The molecule has 3 N–H and O–H groups in total. The largest absolute Gasteiger partial charge is 0.444 e. The van der Waals surface area contributed by atoms with Crippen LogP contribution in [0.5, 0.6) is 0 Å². The summed E-state index contributed by atoms with van der Waals surface area (Å²) in [6.07, 6.45) is -0.541. The van der Waals surface area contributed by atoms with E-state index in [-0.39, 0.29) is 12.4 Å². The highest BCUT2D eigenvalue weighted by molar-refractivity contribution is 5.67. The number of benzene rings is 1. The van der Waals surface area contributed by atoms with Gasteiger partial charge in [0, 0.05) is 32.4 Å². The Hall–Kier alpha value is -1.82. The molecule has 118 valence electrons. The highest BCUT2D eigenvalue weighted by atomic mass is 19.1. The van der Waals surface area contributed by atoms with Gasteiger partial charge in [0.1, 0.15) is 11.4 Å². The smallest absolute Gasteiger partial charge is 0.407 e. The Morgan fingerprint density at radius 1 is 1.43 bits per heavy atom. The molecule has 1 atom stereocenters. The summed E-state index contributed by atoms with van der Waals surface area (Å²) in [6, 6.07) is 3.91. The van der Waals surface area contributed by atoms with E-state index in [0.717, 1.165) is 5.69 Å². The minimum atomic E-state index is -0.568. The lowest BCUT2D eigenvalue weighted by Crippen LogP contribution is -2.37. The number of alkyl carbamates (subject to hydrolysis) is 1. The number of halogens is 1. The highest BCUT2D eigenvalue weighted by Crippen LogP contribution is 2.24. The summed E-state index contributed by atoms with van der Waals surface area (Å²) < 4.78 is 18.5. The van der Waals surface area contributed by atoms with Crippen LogP contribution in [0.2, 0.25) is 0 Å². The molecule has 0 saturated heterocycles. The van der Waals surface area contributed by atoms with Crippen LogP contribution in [0.15, 0.2) is 18.2 Å². The zero-order valence-corrected chi connectivity index (χ0v) is 13.2. The first kappa shape index (κ1) is 17.2. The zero-order chi connectivity index (χ0) is 16.2. The number of amides is 1. The first-order chi connectivity index (χ1) is 9.60. The maximum atomic E-state index is 13.4. The number of rotatable bonds is 4. The van der Waals surface area contributed by atoms with Gasteiger partial charge in [0.05, 0.1) is 0 Å². The standard InChI is InChI=1S/C15H24FN3O2/c1-15(2,3)21-14(20)18-9-12(17)11-8-10(16)6-7-13(11)19(4)5/h6-8,12H,9,17H2,1-5H3,(H,18,20). The molecular formula is C15H24FN3O2. The molecule has 0 bridgehead atoms. The second-order valence-electron chi connectivity index (χ2n) is 6.09. The lowest BCUT2D eigenvalue weighted by Gasteiger charge is -2.23. The predicted molar refractivity (Wildman–Crippen MR) is 81.9 cm³/mol. The van der Waals surface area contributed by atoms with E-state index < -0.39 is 17.7 Å². The molecule has 1 aromatic rings. The number of nitrogens with one attached hydrogen (secondary N) is 1. The monoisotopic (exact) mass is 297 g/mol. The molecule has 0 aliphatic rings. The van der Waals surface area contributed by atoms with Gasteiger partial charge < -0.3 is 20.7 Å². The normalized spacial score (nSPS) is 12.7. The third-order valence-electron chi connectivity index (χ3n) is 2.74. The molecule has 1 rings (SSSR count). The van der Waals surface area contributed by atoms with E-state index in [4.69, 9.17) is 10.5 Å². The molecule has 1 aromatic carbocycles. The maximum absolute atomic E-state index is 13.4. The van der Waals surface area contributed by atoms with Crippen LogP contribution in [0.25, 0.3) is 0 Å². The van der Waals surface area contributed by atoms with E-state index in [1.165, 1.54) is 12.1 Å². The van der Waals surface area contributed by atoms with Gasteiger partial charge in [0.25, 0.3) is 0 Å². The summed E-state index contributed by atoms with van der Waals surface area (Å²) >= 11 is 0. The summed E-state index contributed by atoms with van der Waals surface area (Å²) in [6.45, 7) is 5.51. The Morgan fingerprint density at radius 2 is 2.05 bits per heavy atom. The van der Waals surface area contributed by atoms with Crippen LogP contribution in [0, 0.1) is 5.82 Å². The van der Waals surface area contributed by atoms with Crippen molar-refractivity contribution in [3.63, 3.8) is 0 Å². The van der Waals surface area contributed by atoms with Gasteiger partial charge in [-0.15, -0.1) is 0 Å². The fourth-order valence-electron chi connectivity index (χ4n) is 1.85. The summed E-state index contributed by atoms with van der Waals surface area (Å²) in [5, 5.41) is 2.60. The molecule has 0 radical (unpaired) electrons. The van der Waals surface area contributed by atoms with Crippen molar-refractivity contribution in [1.29, 1.82) is 0 Å². The zero-order valence-electron chi connectivity index (χ0n) is 13.2. The number of carbonyl (C=O) groups excluding carboxylic acids is 1. The SMILES string of the molecule is CN(C)c1ccc(F)cc1C(N)CNC(=O)OC(C)(C)C. The molecule has 1 unspecified atom stereocenters. The molecule has 0 spiro atoms. The number of nitrogens with zero attached hydrogens (tertiary/aromatic N) is 1. The molecule has 0 aliphatic carbocycles. The number of hydrogen-bond donors (Lipinski definition) is 2. The van der Waals surface area contributed by atoms with E-state index >= 15 is 0 Å². The Morgan fingerprint density at radius 3 is 2.57 bits per heavy atom.